The van der Waals surface area contributed by atoms with Crippen molar-refractivity contribution >= 4 is 5.96 Å². The Balaban J connectivity index is 1.84. The number of rotatable bonds is 11. The van der Waals surface area contributed by atoms with Crippen LogP contribution in [0.25, 0.3) is 0 Å². The average Bonchev–Trinajstić information content (AvgIpc) is 3.17. The summed E-state index contributed by atoms with van der Waals surface area (Å²) in [5.74, 6) is 1.62. The van der Waals surface area contributed by atoms with Crippen molar-refractivity contribution in [2.24, 2.45) is 16.3 Å². The number of hydrogen-bond donors (Lipinski definition) is 2. The van der Waals surface area contributed by atoms with Crippen molar-refractivity contribution in [1.29, 1.82) is 0 Å². The minimum absolute atomic E-state index is 0.369. The van der Waals surface area contributed by atoms with Crippen molar-refractivity contribution in [1.82, 2.24) is 15.5 Å². The van der Waals surface area contributed by atoms with Gasteiger partial charge >= 0.3 is 0 Å². The topological polar surface area (TPSA) is 58.1 Å². The van der Waals surface area contributed by atoms with Crippen LogP contribution in [0.4, 0.5) is 0 Å². The Morgan fingerprint density at radius 2 is 1.89 bits per heavy atom. The van der Waals surface area contributed by atoms with Gasteiger partial charge in [0.25, 0.3) is 0 Å². The van der Waals surface area contributed by atoms with Crippen molar-refractivity contribution in [3.63, 3.8) is 0 Å². The largest absolute Gasteiger partial charge is 0.382 e. The third-order valence-electron chi connectivity index (χ3n) is 6.31. The van der Waals surface area contributed by atoms with Gasteiger partial charge in [0.15, 0.2) is 5.96 Å². The predicted octanol–water partition coefficient (Wildman–Crippen LogP) is 2.89. The molecule has 0 bridgehead atoms. The lowest BCUT2D eigenvalue weighted by Gasteiger charge is -2.36. The molecule has 1 atom stereocenters. The molecule has 0 spiro atoms. The van der Waals surface area contributed by atoms with E-state index in [0.717, 1.165) is 65.0 Å². The van der Waals surface area contributed by atoms with Gasteiger partial charge in [0.05, 0.1) is 13.2 Å². The molecule has 6 nitrogen and oxygen atoms in total. The lowest BCUT2D eigenvalue weighted by Crippen LogP contribution is -2.51. The normalized spacial score (nSPS) is 21.8. The highest BCUT2D eigenvalue weighted by Gasteiger charge is 2.33. The lowest BCUT2D eigenvalue weighted by molar-refractivity contribution is 0.0132. The molecular formula is C22H44N4O2. The van der Waals surface area contributed by atoms with E-state index in [9.17, 15) is 0 Å². The van der Waals surface area contributed by atoms with Gasteiger partial charge in [-0.05, 0) is 43.9 Å². The van der Waals surface area contributed by atoms with Crippen LogP contribution in [0.15, 0.2) is 4.99 Å². The van der Waals surface area contributed by atoms with Crippen LogP contribution in [0, 0.1) is 11.3 Å². The zero-order valence-electron chi connectivity index (χ0n) is 18.8. The molecule has 6 heteroatoms. The van der Waals surface area contributed by atoms with Crippen LogP contribution in [-0.4, -0.2) is 76.6 Å². The fourth-order valence-corrected chi connectivity index (χ4v) is 4.63. The van der Waals surface area contributed by atoms with Gasteiger partial charge in [0.1, 0.15) is 0 Å². The second-order valence-electron chi connectivity index (χ2n) is 8.89. The maximum atomic E-state index is 5.65. The first-order valence-corrected chi connectivity index (χ1v) is 11.4. The monoisotopic (exact) mass is 396 g/mol. The van der Waals surface area contributed by atoms with Crippen LogP contribution < -0.4 is 10.6 Å². The second-order valence-corrected chi connectivity index (χ2v) is 8.89. The smallest absolute Gasteiger partial charge is 0.191 e. The number of nitrogens with zero attached hydrogens (tertiary/aromatic N) is 2. The molecule has 0 aromatic rings. The fraction of sp³-hybridized carbons (Fsp3) is 0.955. The van der Waals surface area contributed by atoms with Gasteiger partial charge in [-0.1, -0.05) is 26.7 Å². The van der Waals surface area contributed by atoms with Gasteiger partial charge in [0, 0.05) is 52.5 Å². The predicted molar refractivity (Wildman–Crippen MR) is 117 cm³/mol. The summed E-state index contributed by atoms with van der Waals surface area (Å²) in [6.07, 6.45) is 7.62. The van der Waals surface area contributed by atoms with Crippen LogP contribution in [0.2, 0.25) is 0 Å². The SMILES string of the molecule is CCOCCC1(CNC(=NC)NCC(CC(C)C)N2CCOCC2)CCCC1. The van der Waals surface area contributed by atoms with Crippen LogP contribution in [0.1, 0.15) is 59.3 Å². The molecule has 1 saturated carbocycles. The van der Waals surface area contributed by atoms with Gasteiger partial charge in [0.2, 0.25) is 0 Å². The molecule has 2 rings (SSSR count). The Labute approximate surface area is 172 Å². The molecule has 0 radical (unpaired) electrons. The number of guanidine groups is 1. The highest BCUT2D eigenvalue weighted by Crippen LogP contribution is 2.40. The highest BCUT2D eigenvalue weighted by molar-refractivity contribution is 5.79. The molecule has 2 N–H and O–H groups in total. The molecular weight excluding hydrogens is 352 g/mol. The Morgan fingerprint density at radius 1 is 1.18 bits per heavy atom. The standard InChI is InChI=1S/C22H44N4O2/c1-5-27-13-10-22(8-6-7-9-22)18-25-21(23-4)24-17-20(16-19(2)3)26-11-14-28-15-12-26/h19-20H,5-18H2,1-4H3,(H2,23,24,25). The Kier molecular flexibility index (Phi) is 10.6. The van der Waals surface area contributed by atoms with Crippen LogP contribution >= 0.6 is 0 Å². The van der Waals surface area contributed by atoms with Crippen molar-refractivity contribution in [3.8, 4) is 0 Å². The summed E-state index contributed by atoms with van der Waals surface area (Å²) < 4.78 is 11.2. The molecule has 164 valence electrons. The van der Waals surface area contributed by atoms with Gasteiger partial charge in [-0.25, -0.2) is 0 Å². The number of morpholine rings is 1. The van der Waals surface area contributed by atoms with Crippen LogP contribution in [-0.2, 0) is 9.47 Å². The quantitative estimate of drug-likeness (QED) is 0.319. The zero-order chi connectivity index (χ0) is 20.2. The zero-order valence-corrected chi connectivity index (χ0v) is 18.8. The summed E-state index contributed by atoms with van der Waals surface area (Å²) in [6, 6.07) is 0.529. The van der Waals surface area contributed by atoms with Crippen LogP contribution in [0.5, 0.6) is 0 Å². The van der Waals surface area contributed by atoms with Gasteiger partial charge in [-0.3, -0.25) is 9.89 Å². The first kappa shape index (κ1) is 23.4. The third-order valence-corrected chi connectivity index (χ3v) is 6.31. The van der Waals surface area contributed by atoms with E-state index in [1.807, 2.05) is 7.05 Å². The van der Waals surface area contributed by atoms with Crippen molar-refractivity contribution in [2.45, 2.75) is 65.3 Å². The van der Waals surface area contributed by atoms with Crippen molar-refractivity contribution in [3.05, 3.63) is 0 Å². The average molecular weight is 397 g/mol. The van der Waals surface area contributed by atoms with E-state index in [1.165, 1.54) is 32.1 Å². The minimum Gasteiger partial charge on any atom is -0.382 e. The molecule has 1 saturated heterocycles. The summed E-state index contributed by atoms with van der Waals surface area (Å²) in [5.41, 5.74) is 0.369. The second kappa shape index (κ2) is 12.7. The number of hydrogen-bond acceptors (Lipinski definition) is 4. The maximum Gasteiger partial charge on any atom is 0.191 e. The summed E-state index contributed by atoms with van der Waals surface area (Å²) in [6.45, 7) is 14.1. The van der Waals surface area contributed by atoms with E-state index in [0.29, 0.717) is 17.4 Å². The Bertz CT molecular complexity index is 444. The van der Waals surface area contributed by atoms with Gasteiger partial charge in [-0.2, -0.15) is 0 Å². The molecule has 0 aromatic heterocycles. The molecule has 0 amide bonds. The lowest BCUT2D eigenvalue weighted by atomic mass is 9.83. The molecule has 2 aliphatic rings. The third kappa shape index (κ3) is 7.88. The highest BCUT2D eigenvalue weighted by atomic mass is 16.5. The maximum absolute atomic E-state index is 5.65. The molecule has 1 aliphatic heterocycles. The van der Waals surface area contributed by atoms with E-state index < -0.39 is 0 Å². The Morgan fingerprint density at radius 3 is 2.50 bits per heavy atom. The van der Waals surface area contributed by atoms with Gasteiger partial charge < -0.3 is 20.1 Å². The molecule has 1 heterocycles. The van der Waals surface area contributed by atoms with E-state index in [2.05, 4.69) is 41.3 Å². The van der Waals surface area contributed by atoms with E-state index >= 15 is 0 Å². The number of aliphatic imine (C=N–C) groups is 1. The van der Waals surface area contributed by atoms with Gasteiger partial charge in [-0.15, -0.1) is 0 Å². The summed E-state index contributed by atoms with van der Waals surface area (Å²) >= 11 is 0. The summed E-state index contributed by atoms with van der Waals surface area (Å²) in [5, 5.41) is 7.24. The molecule has 1 aliphatic carbocycles. The molecule has 2 fully saturated rings. The van der Waals surface area contributed by atoms with E-state index in [4.69, 9.17) is 9.47 Å². The van der Waals surface area contributed by atoms with E-state index in [-0.39, 0.29) is 0 Å². The molecule has 0 aromatic carbocycles. The minimum atomic E-state index is 0.369. The van der Waals surface area contributed by atoms with Crippen LogP contribution in [0.3, 0.4) is 0 Å². The number of nitrogens with one attached hydrogen (secondary N) is 2. The summed E-state index contributed by atoms with van der Waals surface area (Å²) in [4.78, 5) is 7.07. The van der Waals surface area contributed by atoms with Crippen molar-refractivity contribution in [2.75, 3.05) is 59.7 Å². The number of ether oxygens (including phenoxy) is 2. The first-order chi connectivity index (χ1) is 13.6. The van der Waals surface area contributed by atoms with Crippen molar-refractivity contribution < 1.29 is 9.47 Å². The summed E-state index contributed by atoms with van der Waals surface area (Å²) in [7, 11) is 1.88. The fourth-order valence-electron chi connectivity index (χ4n) is 4.63. The van der Waals surface area contributed by atoms with E-state index in [1.54, 1.807) is 0 Å². The first-order valence-electron chi connectivity index (χ1n) is 11.4. The Hall–Kier alpha value is -0.850. The molecule has 28 heavy (non-hydrogen) atoms. The molecule has 1 unspecified atom stereocenters.